The fraction of sp³-hybridized carbons (Fsp3) is 0.200. The van der Waals surface area contributed by atoms with Gasteiger partial charge < -0.3 is 31.1 Å². The summed E-state index contributed by atoms with van der Waals surface area (Å²) in [6, 6.07) is 22.2. The molecule has 0 unspecified atom stereocenters. The van der Waals surface area contributed by atoms with Gasteiger partial charge in [0.05, 0.1) is 7.11 Å². The Labute approximate surface area is 333 Å². The van der Waals surface area contributed by atoms with Crippen molar-refractivity contribution in [2.45, 2.75) is 39.8 Å². The molecule has 0 bridgehead atoms. The van der Waals surface area contributed by atoms with E-state index in [1.807, 2.05) is 82.3 Å². The molecule has 6 rings (SSSR count). The van der Waals surface area contributed by atoms with Crippen molar-refractivity contribution in [3.05, 3.63) is 97.6 Å². The third-order valence-corrected chi connectivity index (χ3v) is 6.41. The normalized spacial score (nSPS) is 10.3. The fourth-order valence-corrected chi connectivity index (χ4v) is 4.30. The largest absolute Gasteiger partial charge is 0.508 e. The van der Waals surface area contributed by atoms with E-state index in [9.17, 15) is 5.11 Å². The monoisotopic (exact) mass is 906 g/mol. The number of nitrogens with one attached hydrogen (secondary N) is 4. The van der Waals surface area contributed by atoms with Crippen LogP contribution in [-0.2, 0) is 0 Å². The summed E-state index contributed by atoms with van der Waals surface area (Å²) in [5.41, 5.74) is 3.25. The van der Waals surface area contributed by atoms with Gasteiger partial charge in [-0.05, 0) is 76.2 Å². The number of pyridine rings is 2. The minimum Gasteiger partial charge on any atom is -0.508 e. The number of rotatable bonds is 11. The van der Waals surface area contributed by atoms with Crippen LogP contribution in [0.2, 0.25) is 0 Å². The zero-order valence-corrected chi connectivity index (χ0v) is 34.3. The van der Waals surface area contributed by atoms with E-state index >= 15 is 0 Å². The molecule has 5 N–H and O–H groups in total. The van der Waals surface area contributed by atoms with Crippen molar-refractivity contribution in [3.8, 4) is 34.3 Å². The van der Waals surface area contributed by atoms with Gasteiger partial charge >= 0.3 is 3.18 Å². The number of halogens is 3. The van der Waals surface area contributed by atoms with Gasteiger partial charge in [-0.25, -0.2) is 0 Å². The molecule has 274 valence electrons. The molecule has 0 aliphatic carbocycles. The van der Waals surface area contributed by atoms with Crippen molar-refractivity contribution in [3.63, 3.8) is 0 Å². The average molecular weight is 909 g/mol. The predicted octanol–water partition coefficient (Wildman–Crippen LogP) is 8.87. The summed E-state index contributed by atoms with van der Waals surface area (Å²) in [6.07, 6.45) is 6.79. The van der Waals surface area contributed by atoms with Crippen LogP contribution in [-0.4, -0.2) is 67.4 Å². The van der Waals surface area contributed by atoms with Crippen LogP contribution in [0.1, 0.15) is 27.7 Å². The smallest absolute Gasteiger partial charge is 0.369 e. The molecule has 14 nitrogen and oxygen atoms in total. The van der Waals surface area contributed by atoms with Gasteiger partial charge in [-0.1, -0.05) is 24.3 Å². The maximum atomic E-state index is 9.68. The van der Waals surface area contributed by atoms with Crippen LogP contribution >= 0.6 is 47.3 Å². The topological polar surface area (TPSA) is 181 Å². The summed E-state index contributed by atoms with van der Waals surface area (Å²) < 4.78 is 5.56. The molecular formula is C35H38BBr3N12O2. The molecule has 2 aromatic carbocycles. The van der Waals surface area contributed by atoms with Gasteiger partial charge in [-0.3, -0.25) is 9.97 Å². The molecule has 4 aromatic heterocycles. The van der Waals surface area contributed by atoms with E-state index in [2.05, 4.69) is 108 Å². The molecule has 53 heavy (non-hydrogen) atoms. The summed E-state index contributed by atoms with van der Waals surface area (Å²) in [5.74, 6) is 3.80. The van der Waals surface area contributed by atoms with Crippen LogP contribution < -0.4 is 26.0 Å². The number of nitrogens with zero attached hydrogens (tertiary/aromatic N) is 8. The first-order valence-corrected chi connectivity index (χ1v) is 19.0. The quantitative estimate of drug-likeness (QED) is 0.0778. The van der Waals surface area contributed by atoms with E-state index in [0.29, 0.717) is 41.0 Å². The Morgan fingerprint density at radius 3 is 1.42 bits per heavy atom. The first-order valence-electron chi connectivity index (χ1n) is 16.2. The van der Waals surface area contributed by atoms with Crippen molar-refractivity contribution in [1.82, 2.24) is 39.9 Å². The predicted molar refractivity (Wildman–Crippen MR) is 224 cm³/mol. The third-order valence-electron chi connectivity index (χ3n) is 6.41. The summed E-state index contributed by atoms with van der Waals surface area (Å²) >= 11 is 9.31. The Kier molecular flexibility index (Phi) is 16.1. The molecule has 0 atom stereocenters. The highest BCUT2D eigenvalue weighted by Crippen LogP contribution is 2.25. The highest BCUT2D eigenvalue weighted by atomic mass is 79.9. The van der Waals surface area contributed by atoms with Gasteiger partial charge in [-0.2, -0.15) is 29.9 Å². The SMILES string of the molecule is BrB(Br)Br.CC(C)Nc1nc(Nc2ccncc2)nc(-c2cccc(O)c2)n1.COc1cccc(-c2nc(Nc3ccncc3)nc(NC(C)C)n2)c1. The number of aromatic nitrogens is 8. The maximum Gasteiger partial charge on any atom is 0.369 e. The highest BCUT2D eigenvalue weighted by Gasteiger charge is 2.12. The van der Waals surface area contributed by atoms with Gasteiger partial charge in [0.2, 0.25) is 23.8 Å². The van der Waals surface area contributed by atoms with Crippen LogP contribution in [0, 0.1) is 0 Å². The number of ether oxygens (including phenoxy) is 1. The Balaban J connectivity index is 0.000000215. The first-order chi connectivity index (χ1) is 25.5. The minimum atomic E-state index is 0.162. The Morgan fingerprint density at radius 2 is 1.00 bits per heavy atom. The Hall–Kier alpha value is -4.94. The number of hydrogen-bond donors (Lipinski definition) is 5. The standard InChI is InChI=1S/C18H20N6O.C17H18N6O.BBr3/c1-12(2)20-17-22-16(13-5-4-6-15(11-13)25-3)23-18(24-17)21-14-7-9-19-10-8-14;1-11(2)19-16-21-15(12-4-3-5-14(24)10-12)22-17(23-16)20-13-6-8-18-9-7-13;2-1(3)4/h4-12H,1-3H3,(H2,19,20,21,22,23,24);3-11,24H,1-2H3,(H2,18,19,20,21,22,23);. The van der Waals surface area contributed by atoms with Gasteiger partial charge in [0.15, 0.2) is 11.6 Å². The molecule has 18 heteroatoms. The Morgan fingerprint density at radius 1 is 0.585 bits per heavy atom. The number of hydrogen-bond acceptors (Lipinski definition) is 14. The number of benzene rings is 2. The Bertz CT molecular complexity index is 2010. The summed E-state index contributed by atoms with van der Waals surface area (Å²) in [5, 5.41) is 22.4. The van der Waals surface area contributed by atoms with E-state index in [1.54, 1.807) is 50.1 Å². The summed E-state index contributed by atoms with van der Waals surface area (Å²) in [4.78, 5) is 34.7. The lowest BCUT2D eigenvalue weighted by Crippen LogP contribution is -2.14. The van der Waals surface area contributed by atoms with Crippen LogP contribution in [0.5, 0.6) is 11.5 Å². The van der Waals surface area contributed by atoms with Gasteiger partial charge in [0, 0.05) is 59.4 Å². The van der Waals surface area contributed by atoms with Crippen molar-refractivity contribution in [2.75, 3.05) is 28.4 Å². The van der Waals surface area contributed by atoms with Crippen molar-refractivity contribution in [2.24, 2.45) is 0 Å². The number of methoxy groups -OCH3 is 1. The number of phenols is 1. The lowest BCUT2D eigenvalue weighted by molar-refractivity contribution is 0.415. The molecule has 0 spiro atoms. The molecule has 0 saturated carbocycles. The van der Waals surface area contributed by atoms with Crippen molar-refractivity contribution in [1.29, 1.82) is 0 Å². The van der Waals surface area contributed by atoms with Gasteiger partial charge in [-0.15, -0.1) is 47.3 Å². The maximum absolute atomic E-state index is 9.68. The van der Waals surface area contributed by atoms with Crippen LogP contribution in [0.15, 0.2) is 97.6 Å². The van der Waals surface area contributed by atoms with E-state index in [0.717, 1.165) is 22.7 Å². The average Bonchev–Trinajstić information content (AvgIpc) is 3.12. The second-order valence-corrected chi connectivity index (χ2v) is 17.9. The molecule has 4 heterocycles. The van der Waals surface area contributed by atoms with Crippen molar-refractivity contribution >= 4 is 85.6 Å². The van der Waals surface area contributed by atoms with Gasteiger partial charge in [0.25, 0.3) is 0 Å². The molecular weight excluding hydrogens is 871 g/mol. The first kappa shape index (κ1) is 40.8. The lowest BCUT2D eigenvalue weighted by atomic mass is 10.2. The number of anilines is 6. The zero-order valence-electron chi connectivity index (χ0n) is 29.5. The molecule has 0 saturated heterocycles. The molecule has 0 amide bonds. The van der Waals surface area contributed by atoms with E-state index in [-0.39, 0.29) is 21.0 Å². The summed E-state index contributed by atoms with van der Waals surface area (Å²) in [7, 11) is 1.63. The molecule has 0 fully saturated rings. The minimum absolute atomic E-state index is 0.162. The van der Waals surface area contributed by atoms with Gasteiger partial charge in [0.1, 0.15) is 11.5 Å². The molecule has 0 aliphatic heterocycles. The van der Waals surface area contributed by atoms with Crippen LogP contribution in [0.4, 0.5) is 35.2 Å². The highest BCUT2D eigenvalue weighted by molar-refractivity contribution is 9.69. The molecule has 0 aliphatic rings. The third kappa shape index (κ3) is 14.5. The van der Waals surface area contributed by atoms with E-state index in [1.165, 1.54) is 0 Å². The second-order valence-electron chi connectivity index (χ2n) is 11.5. The fourth-order valence-electron chi connectivity index (χ4n) is 4.30. The second kappa shape index (κ2) is 20.9. The molecule has 0 radical (unpaired) electrons. The van der Waals surface area contributed by atoms with E-state index < -0.39 is 0 Å². The lowest BCUT2D eigenvalue weighted by Gasteiger charge is -2.12. The van der Waals surface area contributed by atoms with Crippen LogP contribution in [0.3, 0.4) is 0 Å². The number of aromatic hydroxyl groups is 1. The summed E-state index contributed by atoms with van der Waals surface area (Å²) in [6.45, 7) is 8.08. The van der Waals surface area contributed by atoms with Crippen LogP contribution in [0.25, 0.3) is 22.8 Å². The molecule has 6 aromatic rings. The van der Waals surface area contributed by atoms with Crippen molar-refractivity contribution < 1.29 is 9.84 Å². The number of phenolic OH excluding ortho intramolecular Hbond substituents is 1. The zero-order chi connectivity index (χ0) is 38.2. The van der Waals surface area contributed by atoms with E-state index in [4.69, 9.17) is 4.74 Å².